The lowest BCUT2D eigenvalue weighted by molar-refractivity contribution is 1.22. The molecule has 0 radical (unpaired) electrons. The summed E-state index contributed by atoms with van der Waals surface area (Å²) in [6.45, 7) is 4.06. The molecule has 0 amide bonds. The van der Waals surface area contributed by atoms with Gasteiger partial charge in [-0.25, -0.2) is 10.8 Å². The van der Waals surface area contributed by atoms with Crippen LogP contribution in [0.1, 0.15) is 11.1 Å². The molecule has 0 saturated heterocycles. The Bertz CT molecular complexity index is 482. The number of aryl methyl sites for hydroxylation is 2. The van der Waals surface area contributed by atoms with E-state index in [0.717, 1.165) is 22.3 Å². The van der Waals surface area contributed by atoms with Gasteiger partial charge < -0.3 is 5.43 Å². The monoisotopic (exact) mass is 223 g/mol. The molecule has 2 aromatic rings. The number of halogens is 1. The molecule has 0 saturated carbocycles. The van der Waals surface area contributed by atoms with Crippen molar-refractivity contribution in [3.05, 3.63) is 35.4 Å². The first-order valence-electron chi connectivity index (χ1n) is 4.55. The van der Waals surface area contributed by atoms with Crippen LogP contribution in [0.3, 0.4) is 0 Å². The van der Waals surface area contributed by atoms with Crippen LogP contribution in [-0.2, 0) is 0 Å². The van der Waals surface area contributed by atoms with Crippen molar-refractivity contribution in [2.24, 2.45) is 5.84 Å². The average Bonchev–Trinajstić information content (AvgIpc) is 2.16. The second-order valence-corrected chi connectivity index (χ2v) is 3.49. The van der Waals surface area contributed by atoms with Crippen molar-refractivity contribution in [1.29, 1.82) is 0 Å². The fourth-order valence-corrected chi connectivity index (χ4v) is 1.55. The number of hydrazine groups is 1. The van der Waals surface area contributed by atoms with Gasteiger partial charge in [-0.05, 0) is 37.6 Å². The van der Waals surface area contributed by atoms with Gasteiger partial charge in [0, 0.05) is 5.39 Å². The fourth-order valence-electron chi connectivity index (χ4n) is 1.55. The molecule has 3 N–H and O–H groups in total. The lowest BCUT2D eigenvalue weighted by Crippen LogP contribution is -2.10. The van der Waals surface area contributed by atoms with Crippen molar-refractivity contribution in [3.8, 4) is 0 Å². The van der Waals surface area contributed by atoms with Gasteiger partial charge in [0.05, 0.1) is 5.52 Å². The first-order chi connectivity index (χ1) is 6.70. The van der Waals surface area contributed by atoms with Gasteiger partial charge in [-0.1, -0.05) is 11.6 Å². The topological polar surface area (TPSA) is 50.9 Å². The highest BCUT2D eigenvalue weighted by Gasteiger charge is 2.01. The molecule has 0 atom stereocenters. The summed E-state index contributed by atoms with van der Waals surface area (Å²) in [7, 11) is 0. The van der Waals surface area contributed by atoms with Gasteiger partial charge in [0.1, 0.15) is 5.82 Å². The Morgan fingerprint density at radius 1 is 1.20 bits per heavy atom. The van der Waals surface area contributed by atoms with Crippen LogP contribution in [0.4, 0.5) is 5.82 Å². The van der Waals surface area contributed by atoms with Crippen molar-refractivity contribution >= 4 is 29.1 Å². The van der Waals surface area contributed by atoms with E-state index in [0.29, 0.717) is 0 Å². The number of nitrogens with zero attached hydrogens (tertiary/aromatic N) is 1. The number of fused-ring (bicyclic) bond motifs is 1. The standard InChI is InChI=1S/C11H13N3.ClH/c1-7-3-4-10-9(5-7)6-8(2)11(13-10)14-12;/h3-6H,12H2,1-2H3,(H,13,14);1H. The summed E-state index contributed by atoms with van der Waals surface area (Å²) in [6.07, 6.45) is 0. The predicted molar refractivity (Wildman–Crippen MR) is 66.3 cm³/mol. The van der Waals surface area contributed by atoms with Gasteiger partial charge in [-0.15, -0.1) is 12.4 Å². The Kier molecular flexibility index (Phi) is 3.50. The van der Waals surface area contributed by atoms with Crippen molar-refractivity contribution in [1.82, 2.24) is 4.98 Å². The second-order valence-electron chi connectivity index (χ2n) is 3.49. The molecule has 15 heavy (non-hydrogen) atoms. The maximum atomic E-state index is 5.36. The average molecular weight is 224 g/mol. The minimum Gasteiger partial charge on any atom is -0.308 e. The van der Waals surface area contributed by atoms with E-state index >= 15 is 0 Å². The number of hydrogen-bond acceptors (Lipinski definition) is 3. The molecule has 1 aromatic carbocycles. The summed E-state index contributed by atoms with van der Waals surface area (Å²) in [5.41, 5.74) is 5.86. The fraction of sp³-hybridized carbons (Fsp3) is 0.182. The first-order valence-corrected chi connectivity index (χ1v) is 4.55. The molecule has 80 valence electrons. The highest BCUT2D eigenvalue weighted by molar-refractivity contribution is 5.85. The van der Waals surface area contributed by atoms with Crippen LogP contribution < -0.4 is 11.3 Å². The largest absolute Gasteiger partial charge is 0.308 e. The number of aromatic nitrogens is 1. The minimum absolute atomic E-state index is 0. The molecule has 2 rings (SSSR count). The van der Waals surface area contributed by atoms with Crippen molar-refractivity contribution in [2.45, 2.75) is 13.8 Å². The van der Waals surface area contributed by atoms with E-state index in [1.54, 1.807) is 0 Å². The summed E-state index contributed by atoms with van der Waals surface area (Å²) in [5, 5.41) is 1.15. The van der Waals surface area contributed by atoms with Gasteiger partial charge in [-0.2, -0.15) is 0 Å². The molecule has 0 spiro atoms. The van der Waals surface area contributed by atoms with Crippen LogP contribution in [0.2, 0.25) is 0 Å². The number of anilines is 1. The van der Waals surface area contributed by atoms with E-state index < -0.39 is 0 Å². The van der Waals surface area contributed by atoms with Gasteiger partial charge in [-0.3, -0.25) is 0 Å². The van der Waals surface area contributed by atoms with Crippen molar-refractivity contribution < 1.29 is 0 Å². The van der Waals surface area contributed by atoms with E-state index in [2.05, 4.69) is 29.5 Å². The number of benzene rings is 1. The SMILES string of the molecule is Cc1ccc2nc(NN)c(C)cc2c1.Cl. The molecule has 0 bridgehead atoms. The second kappa shape index (κ2) is 4.47. The number of nitrogens with one attached hydrogen (secondary N) is 1. The van der Waals surface area contributed by atoms with Crippen molar-refractivity contribution in [3.63, 3.8) is 0 Å². The van der Waals surface area contributed by atoms with Crippen LogP contribution in [0.15, 0.2) is 24.3 Å². The third-order valence-electron chi connectivity index (χ3n) is 2.30. The van der Waals surface area contributed by atoms with Crippen LogP contribution in [0.25, 0.3) is 10.9 Å². The molecule has 4 heteroatoms. The normalized spacial score (nSPS) is 9.80. The van der Waals surface area contributed by atoms with E-state index in [1.807, 2.05) is 19.1 Å². The summed E-state index contributed by atoms with van der Waals surface area (Å²) in [5.74, 6) is 6.10. The maximum absolute atomic E-state index is 5.36. The molecule has 0 unspecified atom stereocenters. The van der Waals surface area contributed by atoms with E-state index in [1.165, 1.54) is 5.56 Å². The lowest BCUT2D eigenvalue weighted by atomic mass is 10.1. The number of hydrogen-bond donors (Lipinski definition) is 2. The molecule has 0 aliphatic rings. The number of rotatable bonds is 1. The predicted octanol–water partition coefficient (Wildman–Crippen LogP) is 2.56. The van der Waals surface area contributed by atoms with Gasteiger partial charge in [0.15, 0.2) is 0 Å². The molecule has 1 aromatic heterocycles. The summed E-state index contributed by atoms with van der Waals surface area (Å²) in [4.78, 5) is 4.40. The first kappa shape index (κ1) is 11.8. The Morgan fingerprint density at radius 3 is 2.60 bits per heavy atom. The van der Waals surface area contributed by atoms with Crippen LogP contribution in [0, 0.1) is 13.8 Å². The highest BCUT2D eigenvalue weighted by Crippen LogP contribution is 2.19. The molecule has 0 fully saturated rings. The van der Waals surface area contributed by atoms with Gasteiger partial charge >= 0.3 is 0 Å². The Hall–Kier alpha value is -1.32. The zero-order valence-electron chi connectivity index (χ0n) is 8.74. The Labute approximate surface area is 95.1 Å². The van der Waals surface area contributed by atoms with Crippen LogP contribution in [-0.4, -0.2) is 4.98 Å². The Balaban J connectivity index is 0.00000112. The third kappa shape index (κ3) is 2.19. The Morgan fingerprint density at radius 2 is 1.93 bits per heavy atom. The number of nitrogens with two attached hydrogens (primary N) is 1. The van der Waals surface area contributed by atoms with Crippen LogP contribution >= 0.6 is 12.4 Å². The van der Waals surface area contributed by atoms with Crippen LogP contribution in [0.5, 0.6) is 0 Å². The highest BCUT2D eigenvalue weighted by atomic mass is 35.5. The molecule has 3 nitrogen and oxygen atoms in total. The summed E-state index contributed by atoms with van der Waals surface area (Å²) < 4.78 is 0. The van der Waals surface area contributed by atoms with Crippen molar-refractivity contribution in [2.75, 3.05) is 5.43 Å². The van der Waals surface area contributed by atoms with Gasteiger partial charge in [0.25, 0.3) is 0 Å². The molecule has 1 heterocycles. The number of nitrogen functional groups attached to an aromatic ring is 1. The quantitative estimate of drug-likeness (QED) is 0.577. The van der Waals surface area contributed by atoms with E-state index in [4.69, 9.17) is 5.84 Å². The lowest BCUT2D eigenvalue weighted by Gasteiger charge is -2.06. The van der Waals surface area contributed by atoms with E-state index in [-0.39, 0.29) is 12.4 Å². The zero-order valence-corrected chi connectivity index (χ0v) is 9.56. The van der Waals surface area contributed by atoms with Gasteiger partial charge in [0.2, 0.25) is 0 Å². The molecular formula is C11H14ClN3. The summed E-state index contributed by atoms with van der Waals surface area (Å²) in [6, 6.07) is 8.26. The molecular weight excluding hydrogens is 210 g/mol. The smallest absolute Gasteiger partial charge is 0.143 e. The molecule has 0 aliphatic carbocycles. The summed E-state index contributed by atoms with van der Waals surface area (Å²) >= 11 is 0. The third-order valence-corrected chi connectivity index (χ3v) is 2.30. The zero-order chi connectivity index (χ0) is 10.1. The molecule has 0 aliphatic heterocycles. The minimum atomic E-state index is 0. The maximum Gasteiger partial charge on any atom is 0.143 e. The van der Waals surface area contributed by atoms with E-state index in [9.17, 15) is 0 Å². The number of pyridine rings is 1.